The maximum absolute atomic E-state index is 4.29. The molecule has 0 spiro atoms. The summed E-state index contributed by atoms with van der Waals surface area (Å²) in [7, 11) is 3.89. The molecule has 6 heteroatoms. The molecular formula is C11H18ClN5. The largest absolute Gasteiger partial charge is 0.365 e. The van der Waals surface area contributed by atoms with E-state index in [-0.39, 0.29) is 12.4 Å². The average Bonchev–Trinajstić information content (AvgIpc) is 2.69. The number of anilines is 1. The Kier molecular flexibility index (Phi) is 4.17. The first-order chi connectivity index (χ1) is 7.58. The Hall–Kier alpha value is -1.49. The highest BCUT2D eigenvalue weighted by atomic mass is 35.5. The fourth-order valence-corrected chi connectivity index (χ4v) is 1.78. The van der Waals surface area contributed by atoms with Crippen LogP contribution < -0.4 is 5.32 Å². The van der Waals surface area contributed by atoms with Gasteiger partial charge in [0.2, 0.25) is 0 Å². The van der Waals surface area contributed by atoms with Gasteiger partial charge in [-0.25, -0.2) is 0 Å². The zero-order valence-corrected chi connectivity index (χ0v) is 11.4. The molecule has 2 rings (SSSR count). The summed E-state index contributed by atoms with van der Waals surface area (Å²) in [6, 6.07) is 2.03. The van der Waals surface area contributed by atoms with Gasteiger partial charge in [-0.2, -0.15) is 10.2 Å². The Balaban J connectivity index is 0.00000144. The van der Waals surface area contributed by atoms with Gasteiger partial charge in [-0.3, -0.25) is 9.36 Å². The molecule has 1 N–H and O–H groups in total. The van der Waals surface area contributed by atoms with Gasteiger partial charge in [0.15, 0.2) is 0 Å². The number of halogens is 1. The molecule has 5 nitrogen and oxygen atoms in total. The van der Waals surface area contributed by atoms with E-state index in [4.69, 9.17) is 0 Å². The average molecular weight is 256 g/mol. The van der Waals surface area contributed by atoms with Crippen molar-refractivity contribution in [2.24, 2.45) is 14.1 Å². The van der Waals surface area contributed by atoms with Crippen LogP contribution in [0.4, 0.5) is 5.82 Å². The molecule has 0 saturated heterocycles. The fraction of sp³-hybridized carbons (Fsp3) is 0.455. The minimum Gasteiger partial charge on any atom is -0.365 e. The minimum absolute atomic E-state index is 0. The van der Waals surface area contributed by atoms with Crippen molar-refractivity contribution >= 4 is 18.2 Å². The molecule has 0 bridgehead atoms. The lowest BCUT2D eigenvalue weighted by molar-refractivity contribution is 0.710. The number of rotatable bonds is 3. The Morgan fingerprint density at radius 1 is 1.24 bits per heavy atom. The topological polar surface area (TPSA) is 47.7 Å². The molecule has 0 radical (unpaired) electrons. The van der Waals surface area contributed by atoms with E-state index in [1.165, 1.54) is 11.3 Å². The standard InChI is InChI=1S/C11H17N5.ClH/c1-8-6-13-15(3)10(8)7-12-11-5-9(2)14-16(11)4;/h5-6,12H,7H2,1-4H3;1H. The van der Waals surface area contributed by atoms with Crippen molar-refractivity contribution in [3.05, 3.63) is 29.2 Å². The molecule has 0 aliphatic heterocycles. The predicted molar refractivity (Wildman–Crippen MR) is 70.5 cm³/mol. The maximum atomic E-state index is 4.29. The molecular weight excluding hydrogens is 238 g/mol. The fourth-order valence-electron chi connectivity index (χ4n) is 1.78. The molecule has 2 aromatic rings. The summed E-state index contributed by atoms with van der Waals surface area (Å²) in [6.45, 7) is 4.82. The van der Waals surface area contributed by atoms with Gasteiger partial charge in [0.05, 0.1) is 24.1 Å². The van der Waals surface area contributed by atoms with Gasteiger partial charge in [-0.1, -0.05) is 0 Å². The maximum Gasteiger partial charge on any atom is 0.124 e. The van der Waals surface area contributed by atoms with Crippen molar-refractivity contribution in [3.8, 4) is 0 Å². The smallest absolute Gasteiger partial charge is 0.124 e. The van der Waals surface area contributed by atoms with Crippen molar-refractivity contribution in [3.63, 3.8) is 0 Å². The third-order valence-corrected chi connectivity index (χ3v) is 2.71. The number of nitrogens with zero attached hydrogens (tertiary/aromatic N) is 4. The van der Waals surface area contributed by atoms with E-state index >= 15 is 0 Å². The summed E-state index contributed by atoms with van der Waals surface area (Å²) < 4.78 is 3.74. The van der Waals surface area contributed by atoms with Crippen LogP contribution in [0.2, 0.25) is 0 Å². The van der Waals surface area contributed by atoms with Crippen LogP contribution in [0.1, 0.15) is 17.0 Å². The lowest BCUT2D eigenvalue weighted by atomic mass is 10.3. The van der Waals surface area contributed by atoms with E-state index in [0.717, 1.165) is 18.1 Å². The molecule has 0 aliphatic carbocycles. The highest BCUT2D eigenvalue weighted by Gasteiger charge is 2.06. The van der Waals surface area contributed by atoms with Crippen molar-refractivity contribution in [1.29, 1.82) is 0 Å². The number of aryl methyl sites for hydroxylation is 4. The van der Waals surface area contributed by atoms with Crippen LogP contribution >= 0.6 is 12.4 Å². The van der Waals surface area contributed by atoms with Gasteiger partial charge < -0.3 is 5.32 Å². The molecule has 0 amide bonds. The molecule has 0 fully saturated rings. The van der Waals surface area contributed by atoms with E-state index in [9.17, 15) is 0 Å². The van der Waals surface area contributed by atoms with E-state index < -0.39 is 0 Å². The number of nitrogens with one attached hydrogen (secondary N) is 1. The predicted octanol–water partition coefficient (Wildman–Crippen LogP) is 1.80. The summed E-state index contributed by atoms with van der Waals surface area (Å²) >= 11 is 0. The molecule has 94 valence electrons. The lowest BCUT2D eigenvalue weighted by Crippen LogP contribution is -2.09. The highest BCUT2D eigenvalue weighted by Crippen LogP contribution is 2.11. The third kappa shape index (κ3) is 2.79. The summed E-state index contributed by atoms with van der Waals surface area (Å²) in [6.07, 6.45) is 1.88. The molecule has 0 aromatic carbocycles. The SMILES string of the molecule is Cc1cc(NCc2c(C)cnn2C)n(C)n1.Cl. The Morgan fingerprint density at radius 2 is 1.94 bits per heavy atom. The summed E-state index contributed by atoms with van der Waals surface area (Å²) in [4.78, 5) is 0. The highest BCUT2D eigenvalue weighted by molar-refractivity contribution is 5.85. The number of aromatic nitrogens is 4. The van der Waals surface area contributed by atoms with Crippen LogP contribution in [0.3, 0.4) is 0 Å². The van der Waals surface area contributed by atoms with E-state index in [2.05, 4.69) is 22.4 Å². The molecule has 2 heterocycles. The molecule has 2 aromatic heterocycles. The van der Waals surface area contributed by atoms with Gasteiger partial charge >= 0.3 is 0 Å². The Morgan fingerprint density at radius 3 is 2.41 bits per heavy atom. The van der Waals surface area contributed by atoms with Crippen molar-refractivity contribution in [2.75, 3.05) is 5.32 Å². The third-order valence-electron chi connectivity index (χ3n) is 2.71. The second-order valence-corrected chi connectivity index (χ2v) is 4.05. The van der Waals surface area contributed by atoms with Gasteiger partial charge in [0, 0.05) is 20.2 Å². The molecule has 0 saturated carbocycles. The first-order valence-electron chi connectivity index (χ1n) is 5.30. The minimum atomic E-state index is 0. The van der Waals surface area contributed by atoms with Gasteiger partial charge in [-0.05, 0) is 19.4 Å². The van der Waals surface area contributed by atoms with Crippen LogP contribution in [-0.2, 0) is 20.6 Å². The van der Waals surface area contributed by atoms with Gasteiger partial charge in [0.1, 0.15) is 5.82 Å². The van der Waals surface area contributed by atoms with E-state index in [0.29, 0.717) is 0 Å². The second kappa shape index (κ2) is 5.23. The Bertz CT molecular complexity index is 480. The van der Waals surface area contributed by atoms with Crippen LogP contribution in [0.15, 0.2) is 12.3 Å². The Labute approximate surface area is 107 Å². The van der Waals surface area contributed by atoms with Crippen LogP contribution in [0.5, 0.6) is 0 Å². The van der Waals surface area contributed by atoms with Crippen molar-refractivity contribution < 1.29 is 0 Å². The second-order valence-electron chi connectivity index (χ2n) is 4.05. The van der Waals surface area contributed by atoms with Gasteiger partial charge in [-0.15, -0.1) is 12.4 Å². The first-order valence-corrected chi connectivity index (χ1v) is 5.30. The molecule has 17 heavy (non-hydrogen) atoms. The first kappa shape index (κ1) is 13.6. The van der Waals surface area contributed by atoms with Crippen LogP contribution in [-0.4, -0.2) is 19.6 Å². The van der Waals surface area contributed by atoms with Crippen LogP contribution in [0.25, 0.3) is 0 Å². The van der Waals surface area contributed by atoms with Crippen molar-refractivity contribution in [2.45, 2.75) is 20.4 Å². The molecule has 0 aliphatic rings. The summed E-state index contributed by atoms with van der Waals surface area (Å²) in [5.74, 6) is 1.03. The number of hydrogen-bond donors (Lipinski definition) is 1. The quantitative estimate of drug-likeness (QED) is 0.910. The zero-order valence-electron chi connectivity index (χ0n) is 10.6. The monoisotopic (exact) mass is 255 g/mol. The normalized spacial score (nSPS) is 10.1. The lowest BCUT2D eigenvalue weighted by Gasteiger charge is -2.07. The van der Waals surface area contributed by atoms with E-state index in [1.54, 1.807) is 0 Å². The van der Waals surface area contributed by atoms with E-state index in [1.807, 2.05) is 42.6 Å². The molecule has 0 unspecified atom stereocenters. The van der Waals surface area contributed by atoms with Crippen LogP contribution in [0, 0.1) is 13.8 Å². The summed E-state index contributed by atoms with van der Waals surface area (Å²) in [5, 5.41) is 11.9. The summed E-state index contributed by atoms with van der Waals surface area (Å²) in [5.41, 5.74) is 3.42. The number of hydrogen-bond acceptors (Lipinski definition) is 3. The zero-order chi connectivity index (χ0) is 11.7. The van der Waals surface area contributed by atoms with Crippen molar-refractivity contribution in [1.82, 2.24) is 19.6 Å². The van der Waals surface area contributed by atoms with Gasteiger partial charge in [0.25, 0.3) is 0 Å². The molecule has 0 atom stereocenters.